The van der Waals surface area contributed by atoms with E-state index in [0.717, 1.165) is 12.8 Å². The summed E-state index contributed by atoms with van der Waals surface area (Å²) in [4.78, 5) is 23.6. The molecule has 0 aromatic carbocycles. The Morgan fingerprint density at radius 1 is 1.27 bits per heavy atom. The minimum Gasteiger partial charge on any atom is -0.465 e. The first-order valence-electron chi connectivity index (χ1n) is 8.12. The summed E-state index contributed by atoms with van der Waals surface area (Å²) in [6.45, 7) is 3.46. The van der Waals surface area contributed by atoms with Crippen LogP contribution in [0.15, 0.2) is 11.3 Å². The van der Waals surface area contributed by atoms with Crippen molar-refractivity contribution in [1.82, 2.24) is 0 Å². The lowest BCUT2D eigenvalue weighted by Crippen LogP contribution is -2.55. The fourth-order valence-corrected chi connectivity index (χ4v) is 4.59. The second-order valence-electron chi connectivity index (χ2n) is 6.90. The molecule has 1 saturated carbocycles. The highest BCUT2D eigenvalue weighted by molar-refractivity contribution is 5.91. The Morgan fingerprint density at radius 2 is 2.00 bits per heavy atom. The summed E-state index contributed by atoms with van der Waals surface area (Å²) < 4.78 is 16.5. The van der Waals surface area contributed by atoms with Crippen molar-refractivity contribution < 1.29 is 23.8 Å². The van der Waals surface area contributed by atoms with E-state index in [0.29, 0.717) is 29.6 Å². The Labute approximate surface area is 131 Å². The molecule has 5 nitrogen and oxygen atoms in total. The van der Waals surface area contributed by atoms with E-state index in [-0.39, 0.29) is 11.7 Å². The highest BCUT2D eigenvalue weighted by Gasteiger charge is 2.53. The summed E-state index contributed by atoms with van der Waals surface area (Å²) in [5.41, 5.74) is 0.0512. The van der Waals surface area contributed by atoms with Gasteiger partial charge in [-0.15, -0.1) is 0 Å². The number of fused-ring (bicyclic) bond motifs is 4. The first kappa shape index (κ1) is 15.5. The molecule has 5 heteroatoms. The Bertz CT molecular complexity index is 523. The standard InChI is InChI=1S/C17H24O5/c1-10(18)21-14-9-17(2)12-7-5-4-6-11(12)8-13(22-17)15(14)16(19)20-3/h11-13H,4-9H2,1-3H3/t11-,12+,13-,17-/m1/s1. The quantitative estimate of drug-likeness (QED) is 0.734. The Kier molecular flexibility index (Phi) is 4.02. The Balaban J connectivity index is 1.99. The molecule has 2 bridgehead atoms. The first-order valence-corrected chi connectivity index (χ1v) is 8.12. The lowest BCUT2D eigenvalue weighted by molar-refractivity contribution is -0.190. The molecular formula is C17H24O5. The number of ether oxygens (including phenoxy) is 3. The molecule has 2 aliphatic heterocycles. The minimum atomic E-state index is -0.447. The summed E-state index contributed by atoms with van der Waals surface area (Å²) in [6.07, 6.45) is 5.77. The zero-order valence-corrected chi connectivity index (χ0v) is 13.5. The molecule has 0 spiro atoms. The van der Waals surface area contributed by atoms with Crippen LogP contribution in [-0.2, 0) is 23.8 Å². The molecular weight excluding hydrogens is 284 g/mol. The molecule has 0 amide bonds. The van der Waals surface area contributed by atoms with Gasteiger partial charge in [0.2, 0.25) is 0 Å². The maximum Gasteiger partial charge on any atom is 0.339 e. The third-order valence-corrected chi connectivity index (χ3v) is 5.43. The fourth-order valence-electron chi connectivity index (χ4n) is 4.59. The molecule has 0 aromatic rings. The van der Waals surface area contributed by atoms with Crippen LogP contribution in [0.1, 0.15) is 52.4 Å². The Morgan fingerprint density at radius 3 is 2.68 bits per heavy atom. The van der Waals surface area contributed by atoms with E-state index in [2.05, 4.69) is 6.92 Å². The molecule has 1 saturated heterocycles. The molecule has 22 heavy (non-hydrogen) atoms. The molecule has 4 atom stereocenters. The number of hydrogen-bond donors (Lipinski definition) is 0. The monoisotopic (exact) mass is 308 g/mol. The predicted molar refractivity (Wildman–Crippen MR) is 78.8 cm³/mol. The van der Waals surface area contributed by atoms with Crippen molar-refractivity contribution in [3.8, 4) is 0 Å². The highest BCUT2D eigenvalue weighted by atomic mass is 16.6. The summed E-state index contributed by atoms with van der Waals surface area (Å²) in [5, 5.41) is 0. The van der Waals surface area contributed by atoms with Gasteiger partial charge in [-0.25, -0.2) is 4.79 Å². The van der Waals surface area contributed by atoms with Crippen LogP contribution in [0.25, 0.3) is 0 Å². The van der Waals surface area contributed by atoms with Crippen LogP contribution < -0.4 is 0 Å². The van der Waals surface area contributed by atoms with Crippen molar-refractivity contribution in [2.45, 2.75) is 64.1 Å². The number of carbonyl (C=O) groups is 2. The van der Waals surface area contributed by atoms with Gasteiger partial charge < -0.3 is 14.2 Å². The first-order chi connectivity index (χ1) is 10.4. The van der Waals surface area contributed by atoms with Gasteiger partial charge in [-0.05, 0) is 38.0 Å². The van der Waals surface area contributed by atoms with Gasteiger partial charge in [0.05, 0.1) is 18.8 Å². The molecule has 122 valence electrons. The third-order valence-electron chi connectivity index (χ3n) is 5.43. The SMILES string of the molecule is COC(=O)C1=C(OC(C)=O)C[C@@]2(C)O[C@@H]1C[C@H]1CCCC[C@@H]12. The van der Waals surface area contributed by atoms with Gasteiger partial charge in [-0.1, -0.05) is 12.8 Å². The van der Waals surface area contributed by atoms with E-state index in [9.17, 15) is 9.59 Å². The molecule has 0 N–H and O–H groups in total. The van der Waals surface area contributed by atoms with Gasteiger partial charge >= 0.3 is 11.9 Å². The average molecular weight is 308 g/mol. The van der Waals surface area contributed by atoms with Gasteiger partial charge in [0, 0.05) is 13.3 Å². The van der Waals surface area contributed by atoms with E-state index in [1.807, 2.05) is 0 Å². The zero-order chi connectivity index (χ0) is 15.9. The molecule has 1 aliphatic carbocycles. The van der Waals surface area contributed by atoms with E-state index < -0.39 is 11.9 Å². The maximum atomic E-state index is 12.2. The lowest BCUT2D eigenvalue weighted by Gasteiger charge is -2.53. The predicted octanol–water partition coefficient (Wildman–Crippen LogP) is 2.73. The molecule has 2 fully saturated rings. The zero-order valence-electron chi connectivity index (χ0n) is 13.5. The van der Waals surface area contributed by atoms with Crippen molar-refractivity contribution >= 4 is 11.9 Å². The second kappa shape index (κ2) is 5.69. The van der Waals surface area contributed by atoms with Crippen LogP contribution in [0.5, 0.6) is 0 Å². The van der Waals surface area contributed by atoms with E-state index in [1.165, 1.54) is 33.3 Å². The number of rotatable bonds is 2. The largest absolute Gasteiger partial charge is 0.465 e. The maximum absolute atomic E-state index is 12.2. The summed E-state index contributed by atoms with van der Waals surface area (Å²) >= 11 is 0. The molecule has 0 aromatic heterocycles. The number of carbonyl (C=O) groups excluding carboxylic acids is 2. The van der Waals surface area contributed by atoms with Gasteiger partial charge in [-0.2, -0.15) is 0 Å². The Hall–Kier alpha value is -1.36. The summed E-state index contributed by atoms with van der Waals surface area (Å²) in [6, 6.07) is 0. The molecule has 3 rings (SSSR count). The van der Waals surface area contributed by atoms with Crippen LogP contribution in [0.3, 0.4) is 0 Å². The molecule has 0 unspecified atom stereocenters. The topological polar surface area (TPSA) is 61.8 Å². The van der Waals surface area contributed by atoms with Gasteiger partial charge in [0.1, 0.15) is 11.3 Å². The van der Waals surface area contributed by atoms with Gasteiger partial charge in [0.15, 0.2) is 0 Å². The minimum absolute atomic E-state index is 0.320. The highest BCUT2D eigenvalue weighted by Crippen LogP contribution is 2.52. The van der Waals surface area contributed by atoms with Crippen molar-refractivity contribution in [2.75, 3.05) is 7.11 Å². The van der Waals surface area contributed by atoms with Crippen molar-refractivity contribution in [2.24, 2.45) is 11.8 Å². The van der Waals surface area contributed by atoms with Crippen LogP contribution in [0.4, 0.5) is 0 Å². The molecule has 2 heterocycles. The van der Waals surface area contributed by atoms with E-state index in [1.54, 1.807) is 0 Å². The van der Waals surface area contributed by atoms with Crippen molar-refractivity contribution in [1.29, 1.82) is 0 Å². The average Bonchev–Trinajstić information content (AvgIpc) is 2.45. The number of hydrogen-bond acceptors (Lipinski definition) is 5. The summed E-state index contributed by atoms with van der Waals surface area (Å²) in [5.74, 6) is 0.651. The van der Waals surface area contributed by atoms with Crippen LogP contribution in [0, 0.1) is 11.8 Å². The van der Waals surface area contributed by atoms with Crippen LogP contribution >= 0.6 is 0 Å². The van der Waals surface area contributed by atoms with E-state index >= 15 is 0 Å². The van der Waals surface area contributed by atoms with Crippen molar-refractivity contribution in [3.63, 3.8) is 0 Å². The van der Waals surface area contributed by atoms with Gasteiger partial charge in [0.25, 0.3) is 0 Å². The summed E-state index contributed by atoms with van der Waals surface area (Å²) in [7, 11) is 1.35. The smallest absolute Gasteiger partial charge is 0.339 e. The number of methoxy groups -OCH3 is 1. The normalized spacial score (nSPS) is 37.3. The van der Waals surface area contributed by atoms with Crippen LogP contribution in [0.2, 0.25) is 0 Å². The van der Waals surface area contributed by atoms with Crippen LogP contribution in [-0.4, -0.2) is 30.8 Å². The molecule has 0 radical (unpaired) electrons. The number of esters is 2. The molecule has 3 aliphatic rings. The van der Waals surface area contributed by atoms with E-state index in [4.69, 9.17) is 14.2 Å². The lowest BCUT2D eigenvalue weighted by atomic mass is 9.63. The fraction of sp³-hybridized carbons (Fsp3) is 0.765. The van der Waals surface area contributed by atoms with Gasteiger partial charge in [-0.3, -0.25) is 4.79 Å². The van der Waals surface area contributed by atoms with Crippen molar-refractivity contribution in [3.05, 3.63) is 11.3 Å². The second-order valence-corrected chi connectivity index (χ2v) is 6.90. The third kappa shape index (κ3) is 2.56.